The van der Waals surface area contributed by atoms with Gasteiger partial charge in [-0.2, -0.15) is 0 Å². The Morgan fingerprint density at radius 1 is 1.27 bits per heavy atom. The Kier molecular flexibility index (Phi) is 2.14. The lowest BCUT2D eigenvalue weighted by atomic mass is 9.82. The van der Waals surface area contributed by atoms with E-state index in [0.717, 1.165) is 17.7 Å². The van der Waals surface area contributed by atoms with Crippen LogP contribution in [0.25, 0.3) is 0 Å². The van der Waals surface area contributed by atoms with Crippen LogP contribution in [0.4, 0.5) is 0 Å². The third-order valence-electron chi connectivity index (χ3n) is 3.01. The molecule has 0 aliphatic heterocycles. The van der Waals surface area contributed by atoms with Gasteiger partial charge in [0, 0.05) is 31.3 Å². The summed E-state index contributed by atoms with van der Waals surface area (Å²) in [5.74, 6) is 0.233. The minimum Gasteiger partial charge on any atom is -0.300 e. The molecular formula is C11H14N2O2. The second kappa shape index (κ2) is 3.22. The summed E-state index contributed by atoms with van der Waals surface area (Å²) in [4.78, 5) is 23.3. The average molecular weight is 206 g/mol. The van der Waals surface area contributed by atoms with E-state index in [1.807, 2.05) is 19.1 Å². The molecule has 1 unspecified atom stereocenters. The molecule has 2 rings (SSSR count). The topological polar surface area (TPSA) is 44.0 Å². The Hall–Kier alpha value is -1.58. The Labute approximate surface area is 87.5 Å². The molecule has 1 aromatic heterocycles. The fraction of sp³-hybridized carbons (Fsp3) is 0.455. The predicted molar refractivity (Wildman–Crippen MR) is 58.2 cm³/mol. The van der Waals surface area contributed by atoms with Crippen molar-refractivity contribution in [1.82, 2.24) is 9.13 Å². The van der Waals surface area contributed by atoms with E-state index >= 15 is 0 Å². The molecule has 0 amide bonds. The Morgan fingerprint density at radius 3 is 2.53 bits per heavy atom. The van der Waals surface area contributed by atoms with Gasteiger partial charge in [0.05, 0.1) is 0 Å². The van der Waals surface area contributed by atoms with Crippen LogP contribution in [0.5, 0.6) is 0 Å². The molecule has 1 aromatic rings. The smallest absolute Gasteiger partial charge is 0.300 e. The highest BCUT2D eigenvalue weighted by molar-refractivity contribution is 5.37. The third-order valence-corrected chi connectivity index (χ3v) is 3.01. The van der Waals surface area contributed by atoms with Gasteiger partial charge >= 0.3 is 5.69 Å². The minimum atomic E-state index is -0.243. The standard InChI is InChI=1S/C11H14N2O2/c1-4-5-7-6-8-9(7)12(2)11(15)13(3)10(8)14/h4-5,7H,6H2,1-3H3/b5-4+. The van der Waals surface area contributed by atoms with Crippen LogP contribution in [-0.2, 0) is 20.5 Å². The summed E-state index contributed by atoms with van der Waals surface area (Å²) in [7, 11) is 3.24. The number of allylic oxidation sites excluding steroid dienone is 2. The summed E-state index contributed by atoms with van der Waals surface area (Å²) in [6, 6.07) is 0. The summed E-state index contributed by atoms with van der Waals surface area (Å²) in [6.07, 6.45) is 4.73. The van der Waals surface area contributed by atoms with E-state index in [2.05, 4.69) is 0 Å². The second-order valence-electron chi connectivity index (χ2n) is 3.91. The number of aromatic nitrogens is 2. The lowest BCUT2D eigenvalue weighted by Crippen LogP contribution is -2.45. The first-order valence-electron chi connectivity index (χ1n) is 4.99. The van der Waals surface area contributed by atoms with Gasteiger partial charge in [-0.3, -0.25) is 13.9 Å². The monoisotopic (exact) mass is 206 g/mol. The van der Waals surface area contributed by atoms with Gasteiger partial charge < -0.3 is 0 Å². The Morgan fingerprint density at radius 2 is 1.93 bits per heavy atom. The molecule has 80 valence electrons. The summed E-state index contributed by atoms with van der Waals surface area (Å²) in [6.45, 7) is 1.94. The molecule has 0 aromatic carbocycles. The Bertz CT molecular complexity index is 518. The molecule has 4 heteroatoms. The summed E-state index contributed by atoms with van der Waals surface area (Å²) >= 11 is 0. The first kappa shape index (κ1) is 9.96. The van der Waals surface area contributed by atoms with Crippen molar-refractivity contribution in [3.05, 3.63) is 44.2 Å². The number of hydrogen-bond acceptors (Lipinski definition) is 2. The van der Waals surface area contributed by atoms with Crippen molar-refractivity contribution >= 4 is 0 Å². The van der Waals surface area contributed by atoms with Crippen LogP contribution in [0.1, 0.15) is 24.1 Å². The lowest BCUT2D eigenvalue weighted by molar-refractivity contribution is 0.549. The van der Waals surface area contributed by atoms with Crippen molar-refractivity contribution in [3.63, 3.8) is 0 Å². The van der Waals surface area contributed by atoms with Gasteiger partial charge in [-0.1, -0.05) is 12.2 Å². The maximum atomic E-state index is 11.7. The predicted octanol–water partition coefficient (Wildman–Crippen LogP) is 0.300. The maximum Gasteiger partial charge on any atom is 0.330 e. The van der Waals surface area contributed by atoms with E-state index in [1.165, 1.54) is 11.6 Å². The van der Waals surface area contributed by atoms with E-state index < -0.39 is 0 Å². The highest BCUT2D eigenvalue weighted by Gasteiger charge is 2.31. The molecule has 1 aliphatic carbocycles. The summed E-state index contributed by atoms with van der Waals surface area (Å²) in [5.41, 5.74) is 1.27. The SMILES string of the molecule is C/C=C/C1Cc2c1n(C)c(=O)n(C)c2=O. The molecule has 4 nitrogen and oxygen atoms in total. The van der Waals surface area contributed by atoms with Gasteiger partial charge in [0.15, 0.2) is 0 Å². The first-order chi connectivity index (χ1) is 7.07. The van der Waals surface area contributed by atoms with Gasteiger partial charge in [-0.15, -0.1) is 0 Å². The van der Waals surface area contributed by atoms with Gasteiger partial charge in [0.25, 0.3) is 5.56 Å². The van der Waals surface area contributed by atoms with Crippen LogP contribution in [0.3, 0.4) is 0 Å². The fourth-order valence-corrected chi connectivity index (χ4v) is 2.17. The normalized spacial score (nSPS) is 19.0. The minimum absolute atomic E-state index is 0.145. The van der Waals surface area contributed by atoms with Crippen LogP contribution in [0, 0.1) is 0 Å². The quantitative estimate of drug-likeness (QED) is 0.620. The van der Waals surface area contributed by atoms with Gasteiger partial charge in [0.1, 0.15) is 0 Å². The molecule has 0 fully saturated rings. The maximum absolute atomic E-state index is 11.7. The number of fused-ring (bicyclic) bond motifs is 1. The summed E-state index contributed by atoms with van der Waals surface area (Å²) in [5, 5.41) is 0. The third kappa shape index (κ3) is 1.21. The second-order valence-corrected chi connectivity index (χ2v) is 3.91. The molecule has 0 radical (unpaired) electrons. The first-order valence-corrected chi connectivity index (χ1v) is 4.99. The van der Waals surface area contributed by atoms with Crippen LogP contribution in [0.15, 0.2) is 21.7 Å². The highest BCUT2D eigenvalue weighted by atomic mass is 16.2. The van der Waals surface area contributed by atoms with Crippen LogP contribution < -0.4 is 11.2 Å². The highest BCUT2D eigenvalue weighted by Crippen LogP contribution is 2.32. The molecule has 0 saturated heterocycles. The van der Waals surface area contributed by atoms with E-state index in [1.54, 1.807) is 11.6 Å². The van der Waals surface area contributed by atoms with Crippen molar-refractivity contribution in [1.29, 1.82) is 0 Å². The Balaban J connectivity index is 2.71. The fourth-order valence-electron chi connectivity index (χ4n) is 2.17. The van der Waals surface area contributed by atoms with Crippen molar-refractivity contribution < 1.29 is 0 Å². The zero-order valence-corrected chi connectivity index (χ0v) is 9.15. The van der Waals surface area contributed by atoms with E-state index in [-0.39, 0.29) is 17.2 Å². The van der Waals surface area contributed by atoms with Crippen LogP contribution in [0.2, 0.25) is 0 Å². The molecule has 1 aliphatic rings. The lowest BCUT2D eigenvalue weighted by Gasteiger charge is -2.29. The molecule has 15 heavy (non-hydrogen) atoms. The van der Waals surface area contributed by atoms with Crippen molar-refractivity contribution in [2.45, 2.75) is 19.3 Å². The zero-order chi connectivity index (χ0) is 11.2. The molecule has 0 N–H and O–H groups in total. The average Bonchev–Trinajstić information content (AvgIpc) is 2.18. The van der Waals surface area contributed by atoms with Crippen molar-refractivity contribution in [3.8, 4) is 0 Å². The molecule has 0 saturated carbocycles. The van der Waals surface area contributed by atoms with Gasteiger partial charge in [0.2, 0.25) is 0 Å². The van der Waals surface area contributed by atoms with E-state index in [9.17, 15) is 9.59 Å². The van der Waals surface area contributed by atoms with Gasteiger partial charge in [-0.25, -0.2) is 4.79 Å². The van der Waals surface area contributed by atoms with Crippen molar-refractivity contribution in [2.75, 3.05) is 0 Å². The molecule has 1 heterocycles. The largest absolute Gasteiger partial charge is 0.330 e. The molecule has 1 atom stereocenters. The van der Waals surface area contributed by atoms with Crippen molar-refractivity contribution in [2.24, 2.45) is 14.1 Å². The number of rotatable bonds is 1. The number of hydrogen-bond donors (Lipinski definition) is 0. The van der Waals surface area contributed by atoms with Crippen LogP contribution >= 0.6 is 0 Å². The molecule has 0 spiro atoms. The molecular weight excluding hydrogens is 192 g/mol. The van der Waals surface area contributed by atoms with E-state index in [0.29, 0.717) is 0 Å². The van der Waals surface area contributed by atoms with Crippen LogP contribution in [-0.4, -0.2) is 9.13 Å². The van der Waals surface area contributed by atoms with E-state index in [4.69, 9.17) is 0 Å². The number of nitrogens with zero attached hydrogens (tertiary/aromatic N) is 2. The molecule has 0 bridgehead atoms. The van der Waals surface area contributed by atoms with Gasteiger partial charge in [-0.05, 0) is 13.3 Å². The summed E-state index contributed by atoms with van der Waals surface area (Å²) < 4.78 is 2.75. The zero-order valence-electron chi connectivity index (χ0n) is 9.15.